The molecule has 1 aromatic carbocycles. The van der Waals surface area contributed by atoms with Crippen LogP contribution in [-0.2, 0) is 10.1 Å². The molecule has 0 fully saturated rings. The number of hydrogen-bond acceptors (Lipinski definition) is 7. The third kappa shape index (κ3) is 4.79. The van der Waals surface area contributed by atoms with Gasteiger partial charge in [0.2, 0.25) is 4.91 Å². The first-order chi connectivity index (χ1) is 8.83. The van der Waals surface area contributed by atoms with Gasteiger partial charge in [-0.1, -0.05) is 0 Å². The molecule has 0 bridgehead atoms. The molecule has 3 N–H and O–H groups in total. The van der Waals surface area contributed by atoms with E-state index in [1.54, 1.807) is 0 Å². The molecule has 0 unspecified atom stereocenters. The maximum absolute atomic E-state index is 10.8. The summed E-state index contributed by atoms with van der Waals surface area (Å²) < 4.78 is 29.6. The van der Waals surface area contributed by atoms with E-state index in [0.717, 1.165) is 6.07 Å². The minimum Gasteiger partial charge on any atom is -0.378 e. The van der Waals surface area contributed by atoms with Crippen LogP contribution in [0.1, 0.15) is 0 Å². The second-order valence-electron chi connectivity index (χ2n) is 3.37. The summed E-state index contributed by atoms with van der Waals surface area (Å²) in [4.78, 5) is 12.9. The normalized spacial score (nSPS) is 10.6. The van der Waals surface area contributed by atoms with Crippen LogP contribution in [0, 0.1) is 15.6 Å². The summed E-state index contributed by atoms with van der Waals surface area (Å²) in [6.45, 7) is -0.182. The Bertz CT molecular complexity index is 637. The summed E-state index contributed by atoms with van der Waals surface area (Å²) in [5.41, 5.74) is 6.40. The van der Waals surface area contributed by atoms with Crippen LogP contribution in [0.5, 0.6) is 0 Å². The number of nitrogens with one attached hydrogen (secondary N) is 2. The quantitative estimate of drug-likeness (QED) is 0.233. The van der Waals surface area contributed by atoms with Crippen molar-refractivity contribution in [3.05, 3.63) is 28.3 Å². The SMILES string of the molecule is N=[N+]=Nc1ccc(NCCS(=O)(=O)O)c([N+](=O)[O-])c1. The fourth-order valence-corrected chi connectivity index (χ4v) is 1.62. The summed E-state index contributed by atoms with van der Waals surface area (Å²) in [7, 11) is -4.13. The van der Waals surface area contributed by atoms with Crippen molar-refractivity contribution in [2.24, 2.45) is 5.11 Å². The Hall–Kier alpha value is -2.36. The number of anilines is 1. The van der Waals surface area contributed by atoms with Gasteiger partial charge >= 0.3 is 0 Å². The van der Waals surface area contributed by atoms with Crippen LogP contribution in [-0.4, -0.2) is 30.2 Å². The van der Waals surface area contributed by atoms with Gasteiger partial charge in [-0.25, -0.2) is 0 Å². The van der Waals surface area contributed by atoms with Crippen LogP contribution < -0.4 is 10.2 Å². The van der Waals surface area contributed by atoms with Gasteiger partial charge in [-0.2, -0.15) is 8.42 Å². The molecular weight excluding hydrogens is 278 g/mol. The Balaban J connectivity index is 2.94. The van der Waals surface area contributed by atoms with Gasteiger partial charge in [0.25, 0.3) is 15.8 Å². The van der Waals surface area contributed by atoms with Crippen LogP contribution in [0.3, 0.4) is 0 Å². The lowest BCUT2D eigenvalue weighted by Gasteiger charge is -2.05. The largest absolute Gasteiger partial charge is 0.378 e. The van der Waals surface area contributed by atoms with Crippen LogP contribution in [0.15, 0.2) is 23.3 Å². The molecule has 10 nitrogen and oxygen atoms in total. The first kappa shape index (κ1) is 14.7. The third-order valence-electron chi connectivity index (χ3n) is 2.02. The Morgan fingerprint density at radius 3 is 2.74 bits per heavy atom. The minimum absolute atomic E-state index is 0.0811. The molecule has 0 aliphatic heterocycles. The van der Waals surface area contributed by atoms with Gasteiger partial charge < -0.3 is 5.32 Å². The van der Waals surface area contributed by atoms with Crippen molar-refractivity contribution in [1.82, 2.24) is 4.91 Å². The second-order valence-corrected chi connectivity index (χ2v) is 4.94. The highest BCUT2D eigenvalue weighted by molar-refractivity contribution is 7.85. The number of nitrogens with zero attached hydrogens (tertiary/aromatic N) is 3. The van der Waals surface area contributed by atoms with E-state index in [9.17, 15) is 18.5 Å². The predicted octanol–water partition coefficient (Wildman–Crippen LogP) is 1.08. The monoisotopic (exact) mass is 288 g/mol. The maximum Gasteiger partial charge on any atom is 0.294 e. The highest BCUT2D eigenvalue weighted by atomic mass is 32.2. The van der Waals surface area contributed by atoms with Gasteiger partial charge in [0.1, 0.15) is 11.2 Å². The van der Waals surface area contributed by atoms with Gasteiger partial charge in [-0.05, 0) is 12.1 Å². The lowest BCUT2D eigenvalue weighted by molar-refractivity contribution is -0.383. The zero-order valence-corrected chi connectivity index (χ0v) is 10.3. The Morgan fingerprint density at radius 1 is 1.53 bits per heavy atom. The molecule has 0 saturated heterocycles. The van der Waals surface area contributed by atoms with Crippen molar-refractivity contribution in [1.29, 1.82) is 5.53 Å². The van der Waals surface area contributed by atoms with E-state index in [1.807, 2.05) is 0 Å². The first-order valence-electron chi connectivity index (χ1n) is 4.88. The highest BCUT2D eigenvalue weighted by Gasteiger charge is 2.16. The molecule has 11 heteroatoms. The molecule has 102 valence electrons. The topological polar surface area (TPSA) is 160 Å². The molecule has 1 rings (SSSR count). The molecule has 0 spiro atoms. The number of nitro groups is 1. The highest BCUT2D eigenvalue weighted by Crippen LogP contribution is 2.28. The molecule has 0 heterocycles. The number of rotatable bonds is 6. The lowest BCUT2D eigenvalue weighted by Crippen LogP contribution is -2.15. The van der Waals surface area contributed by atoms with Crippen LogP contribution in [0.25, 0.3) is 0 Å². The molecular formula is C8H10N5O5S+. The van der Waals surface area contributed by atoms with Crippen molar-refractivity contribution in [3.63, 3.8) is 0 Å². The summed E-state index contributed by atoms with van der Waals surface area (Å²) >= 11 is 0. The fourth-order valence-electron chi connectivity index (χ4n) is 1.26. The Kier molecular flexibility index (Phi) is 4.64. The van der Waals surface area contributed by atoms with Crippen molar-refractivity contribution in [2.75, 3.05) is 17.6 Å². The van der Waals surface area contributed by atoms with E-state index < -0.39 is 20.8 Å². The minimum atomic E-state index is -4.13. The molecule has 0 radical (unpaired) electrons. The van der Waals surface area contributed by atoms with Crippen molar-refractivity contribution >= 4 is 27.2 Å². The van der Waals surface area contributed by atoms with E-state index >= 15 is 0 Å². The van der Waals surface area contributed by atoms with E-state index in [1.165, 1.54) is 12.1 Å². The van der Waals surface area contributed by atoms with E-state index in [2.05, 4.69) is 15.3 Å². The van der Waals surface area contributed by atoms with E-state index in [0.29, 0.717) is 0 Å². The van der Waals surface area contributed by atoms with Gasteiger partial charge in [-0.3, -0.25) is 14.7 Å². The summed E-state index contributed by atoms with van der Waals surface area (Å²) in [5, 5.41) is 16.7. The van der Waals surface area contributed by atoms with Gasteiger partial charge in [0.15, 0.2) is 10.8 Å². The third-order valence-corrected chi connectivity index (χ3v) is 2.74. The summed E-state index contributed by atoms with van der Waals surface area (Å²) in [6, 6.07) is 3.78. The number of benzene rings is 1. The predicted molar refractivity (Wildman–Crippen MR) is 64.9 cm³/mol. The van der Waals surface area contributed by atoms with Crippen LogP contribution in [0.2, 0.25) is 0 Å². The average Bonchev–Trinajstić information content (AvgIpc) is 2.29. The lowest BCUT2D eigenvalue weighted by atomic mass is 10.2. The van der Waals surface area contributed by atoms with Gasteiger partial charge in [0.05, 0.1) is 16.7 Å². The Labute approximate surface area is 107 Å². The molecule has 1 aromatic rings. The standard InChI is InChI=1S/C8H9N5O5S/c9-12-11-6-1-2-7(8(5-6)13(14)15)10-3-4-19(16,17)18/h1-2,5,9H,3-4H2,(H,16,17,18)/p+1. The van der Waals surface area contributed by atoms with Crippen molar-refractivity contribution in [2.45, 2.75) is 0 Å². The molecule has 0 saturated carbocycles. The zero-order valence-electron chi connectivity index (χ0n) is 9.48. The number of nitro benzene ring substituents is 1. The second kappa shape index (κ2) is 6.00. The van der Waals surface area contributed by atoms with E-state index in [-0.39, 0.29) is 23.6 Å². The fraction of sp³-hybridized carbons (Fsp3) is 0.250. The Morgan fingerprint density at radius 2 is 2.21 bits per heavy atom. The average molecular weight is 288 g/mol. The van der Waals surface area contributed by atoms with Crippen LogP contribution >= 0.6 is 0 Å². The molecule has 0 aliphatic carbocycles. The summed E-state index contributed by atoms with van der Waals surface area (Å²) in [5.74, 6) is -0.571. The smallest absolute Gasteiger partial charge is 0.294 e. The van der Waals surface area contributed by atoms with Gasteiger partial charge in [0, 0.05) is 6.54 Å². The van der Waals surface area contributed by atoms with Crippen LogP contribution in [0.4, 0.5) is 17.1 Å². The maximum atomic E-state index is 10.8. The van der Waals surface area contributed by atoms with E-state index in [4.69, 9.17) is 10.1 Å². The molecule has 0 amide bonds. The van der Waals surface area contributed by atoms with Gasteiger partial charge in [-0.15, -0.1) is 0 Å². The van der Waals surface area contributed by atoms with Crippen molar-refractivity contribution in [3.8, 4) is 0 Å². The molecule has 19 heavy (non-hydrogen) atoms. The zero-order chi connectivity index (χ0) is 14.5. The molecule has 0 atom stereocenters. The number of hydrogen-bond donors (Lipinski definition) is 3. The molecule has 0 aromatic heterocycles. The summed E-state index contributed by atoms with van der Waals surface area (Å²) in [6.07, 6.45) is 0. The van der Waals surface area contributed by atoms with Crippen molar-refractivity contribution < 1.29 is 17.9 Å². The first-order valence-corrected chi connectivity index (χ1v) is 6.49. The molecule has 0 aliphatic rings.